The average Bonchev–Trinajstić information content (AvgIpc) is 3.21. The average molecular weight is 350 g/mol. The quantitative estimate of drug-likeness (QED) is 0.832. The molecule has 3 rings (SSSR count). The van der Waals surface area contributed by atoms with Gasteiger partial charge in [-0.05, 0) is 26.2 Å². The highest BCUT2D eigenvalue weighted by atomic mass is 35.5. The highest BCUT2D eigenvalue weighted by Gasteiger charge is 2.29. The maximum Gasteiger partial charge on any atom is 0.258 e. The van der Waals surface area contributed by atoms with Gasteiger partial charge in [-0.25, -0.2) is 4.98 Å². The summed E-state index contributed by atoms with van der Waals surface area (Å²) in [6.45, 7) is 6.19. The van der Waals surface area contributed by atoms with Crippen molar-refractivity contribution in [3.63, 3.8) is 0 Å². The molecule has 0 spiro atoms. The fourth-order valence-corrected chi connectivity index (χ4v) is 3.62. The number of halogens is 1. The van der Waals surface area contributed by atoms with Gasteiger partial charge in [0.1, 0.15) is 5.15 Å². The number of piperidine rings is 1. The van der Waals surface area contributed by atoms with E-state index in [0.717, 1.165) is 38.8 Å². The number of carbonyl (C=O) groups excluding carboxylic acids is 1. The molecule has 7 heteroatoms. The van der Waals surface area contributed by atoms with Gasteiger partial charge in [-0.15, -0.1) is 0 Å². The third-order valence-electron chi connectivity index (χ3n) is 4.63. The zero-order chi connectivity index (χ0) is 17.1. The molecule has 1 saturated heterocycles. The number of aromatic nitrogens is 4. The monoisotopic (exact) mass is 349 g/mol. The first-order valence-electron chi connectivity index (χ1n) is 8.61. The van der Waals surface area contributed by atoms with Crippen LogP contribution in [0.25, 0.3) is 0 Å². The summed E-state index contributed by atoms with van der Waals surface area (Å²) in [5.41, 5.74) is 1.27. The predicted octanol–water partition coefficient (Wildman–Crippen LogP) is 3.32. The highest BCUT2D eigenvalue weighted by Crippen LogP contribution is 2.26. The first kappa shape index (κ1) is 17.0. The van der Waals surface area contributed by atoms with Crippen LogP contribution in [0.1, 0.15) is 54.7 Å². The van der Waals surface area contributed by atoms with E-state index in [9.17, 15) is 4.79 Å². The van der Waals surface area contributed by atoms with Gasteiger partial charge in [0.2, 0.25) is 0 Å². The number of hydrogen-bond acceptors (Lipinski definition) is 3. The maximum absolute atomic E-state index is 13.0. The second-order valence-corrected chi connectivity index (χ2v) is 6.74. The Bertz CT molecular complexity index is 694. The van der Waals surface area contributed by atoms with Crippen molar-refractivity contribution in [1.82, 2.24) is 24.2 Å². The summed E-state index contributed by atoms with van der Waals surface area (Å²) in [5, 5.41) is 4.92. The summed E-state index contributed by atoms with van der Waals surface area (Å²) in [7, 11) is 0. The Balaban J connectivity index is 1.77. The summed E-state index contributed by atoms with van der Waals surface area (Å²) in [5.74, 6) is -0.00920. The smallest absolute Gasteiger partial charge is 0.258 e. The van der Waals surface area contributed by atoms with Crippen LogP contribution in [0.3, 0.4) is 0 Å². The van der Waals surface area contributed by atoms with Crippen molar-refractivity contribution in [3.8, 4) is 0 Å². The van der Waals surface area contributed by atoms with Gasteiger partial charge in [-0.1, -0.05) is 24.9 Å². The van der Waals surface area contributed by atoms with Crippen LogP contribution in [0, 0.1) is 6.92 Å². The summed E-state index contributed by atoms with van der Waals surface area (Å²) < 4.78 is 3.84. The minimum Gasteiger partial charge on any atom is -0.336 e. The Morgan fingerprint density at radius 2 is 2.29 bits per heavy atom. The van der Waals surface area contributed by atoms with Crippen LogP contribution in [-0.2, 0) is 6.54 Å². The number of likely N-dealkylation sites (tertiary alicyclic amines) is 1. The SMILES string of the molecule is CCCCn1nc(C)c(C(=O)N2CCC[C@@H](n3ccnc3)C2)c1Cl. The molecule has 2 aromatic rings. The molecule has 0 radical (unpaired) electrons. The van der Waals surface area contributed by atoms with Gasteiger partial charge in [0.05, 0.1) is 23.6 Å². The summed E-state index contributed by atoms with van der Waals surface area (Å²) >= 11 is 6.45. The van der Waals surface area contributed by atoms with Gasteiger partial charge >= 0.3 is 0 Å². The van der Waals surface area contributed by atoms with Gasteiger partial charge in [-0.3, -0.25) is 9.48 Å². The number of unbranched alkanes of at least 4 members (excludes halogenated alkanes) is 1. The molecule has 0 bridgehead atoms. The van der Waals surface area contributed by atoms with Gasteiger partial charge < -0.3 is 9.47 Å². The molecule has 0 aliphatic carbocycles. The summed E-state index contributed by atoms with van der Waals surface area (Å²) in [4.78, 5) is 19.0. The third-order valence-corrected chi connectivity index (χ3v) is 5.02. The van der Waals surface area contributed by atoms with Crippen molar-refractivity contribution < 1.29 is 4.79 Å². The lowest BCUT2D eigenvalue weighted by Crippen LogP contribution is -2.40. The van der Waals surface area contributed by atoms with Crippen LogP contribution in [0.4, 0.5) is 0 Å². The lowest BCUT2D eigenvalue weighted by molar-refractivity contribution is 0.0679. The molecule has 1 aliphatic rings. The van der Waals surface area contributed by atoms with Crippen molar-refractivity contribution in [2.24, 2.45) is 0 Å². The van der Waals surface area contributed by atoms with E-state index >= 15 is 0 Å². The fraction of sp³-hybridized carbons (Fsp3) is 0.588. The van der Waals surface area contributed by atoms with Gasteiger partial charge in [0, 0.05) is 32.0 Å². The molecular formula is C17H24ClN5O. The first-order valence-corrected chi connectivity index (χ1v) is 8.99. The van der Waals surface area contributed by atoms with E-state index in [2.05, 4.69) is 21.6 Å². The zero-order valence-electron chi connectivity index (χ0n) is 14.3. The molecule has 0 unspecified atom stereocenters. The van der Waals surface area contributed by atoms with Gasteiger partial charge in [-0.2, -0.15) is 5.10 Å². The molecule has 24 heavy (non-hydrogen) atoms. The van der Waals surface area contributed by atoms with E-state index in [4.69, 9.17) is 11.6 Å². The lowest BCUT2D eigenvalue weighted by atomic mass is 10.0. The van der Waals surface area contributed by atoms with Crippen molar-refractivity contribution in [2.45, 2.75) is 52.1 Å². The van der Waals surface area contributed by atoms with E-state index in [0.29, 0.717) is 23.0 Å². The lowest BCUT2D eigenvalue weighted by Gasteiger charge is -2.33. The minimum atomic E-state index is -0.00920. The Morgan fingerprint density at radius 1 is 1.46 bits per heavy atom. The molecule has 1 fully saturated rings. The number of imidazole rings is 1. The van der Waals surface area contributed by atoms with Gasteiger partial charge in [0.15, 0.2) is 0 Å². The Morgan fingerprint density at radius 3 is 3.00 bits per heavy atom. The van der Waals surface area contributed by atoms with Gasteiger partial charge in [0.25, 0.3) is 5.91 Å². The minimum absolute atomic E-state index is 0.00920. The molecule has 0 aromatic carbocycles. The number of carbonyl (C=O) groups is 1. The highest BCUT2D eigenvalue weighted by molar-refractivity contribution is 6.33. The number of rotatable bonds is 5. The fourth-order valence-electron chi connectivity index (χ4n) is 3.28. The van der Waals surface area contributed by atoms with Crippen LogP contribution in [0.15, 0.2) is 18.7 Å². The molecule has 2 aromatic heterocycles. The second-order valence-electron chi connectivity index (χ2n) is 6.39. The topological polar surface area (TPSA) is 56.0 Å². The molecule has 6 nitrogen and oxygen atoms in total. The van der Waals surface area contributed by atoms with E-state index < -0.39 is 0 Å². The number of aryl methyl sites for hydroxylation is 2. The largest absolute Gasteiger partial charge is 0.336 e. The molecular weight excluding hydrogens is 326 g/mol. The van der Waals surface area contributed by atoms with Crippen LogP contribution >= 0.6 is 11.6 Å². The third kappa shape index (κ3) is 3.34. The first-order chi connectivity index (χ1) is 11.6. The van der Waals surface area contributed by atoms with Crippen LogP contribution in [-0.4, -0.2) is 43.2 Å². The number of nitrogens with zero attached hydrogens (tertiary/aromatic N) is 5. The molecule has 1 atom stereocenters. The van der Waals surface area contributed by atoms with Crippen LogP contribution < -0.4 is 0 Å². The molecule has 1 amide bonds. The summed E-state index contributed by atoms with van der Waals surface area (Å²) in [6, 6.07) is 0.277. The Kier molecular flexibility index (Phi) is 5.23. The number of amides is 1. The number of hydrogen-bond donors (Lipinski definition) is 0. The predicted molar refractivity (Wildman–Crippen MR) is 93.3 cm³/mol. The van der Waals surface area contributed by atoms with Crippen molar-refractivity contribution in [2.75, 3.05) is 13.1 Å². The van der Waals surface area contributed by atoms with Crippen LogP contribution in [0.5, 0.6) is 0 Å². The maximum atomic E-state index is 13.0. The molecule has 0 saturated carbocycles. The van der Waals surface area contributed by atoms with E-state index in [-0.39, 0.29) is 11.9 Å². The standard InChI is InChI=1S/C17H24ClN5O/c1-3-4-9-23-16(18)15(13(2)20-23)17(24)21-8-5-6-14(11-21)22-10-7-19-12-22/h7,10,12,14H,3-6,8-9,11H2,1-2H3/t14-/m1/s1. The second kappa shape index (κ2) is 7.38. The zero-order valence-corrected chi connectivity index (χ0v) is 15.0. The molecule has 130 valence electrons. The Hall–Kier alpha value is -1.82. The molecule has 3 heterocycles. The summed E-state index contributed by atoms with van der Waals surface area (Å²) in [6.07, 6.45) is 9.66. The van der Waals surface area contributed by atoms with E-state index in [1.165, 1.54) is 0 Å². The van der Waals surface area contributed by atoms with Crippen molar-refractivity contribution >= 4 is 17.5 Å². The molecule has 0 N–H and O–H groups in total. The van der Waals surface area contributed by atoms with E-state index in [1.54, 1.807) is 10.9 Å². The van der Waals surface area contributed by atoms with Crippen molar-refractivity contribution in [1.29, 1.82) is 0 Å². The Labute approximate surface area is 147 Å². The normalized spacial score (nSPS) is 18.1. The van der Waals surface area contributed by atoms with Crippen molar-refractivity contribution in [3.05, 3.63) is 35.1 Å². The van der Waals surface area contributed by atoms with Crippen LogP contribution in [0.2, 0.25) is 5.15 Å². The molecule has 1 aliphatic heterocycles. The van der Waals surface area contributed by atoms with E-state index in [1.807, 2.05) is 24.3 Å².